The molecule has 1 amide bonds. The zero-order valence-electron chi connectivity index (χ0n) is 16.5. The van der Waals surface area contributed by atoms with Crippen LogP contribution in [0.15, 0.2) is 24.3 Å². The van der Waals surface area contributed by atoms with E-state index in [1.807, 2.05) is 0 Å². The van der Waals surface area contributed by atoms with Crippen LogP contribution in [0.3, 0.4) is 0 Å². The molecule has 1 aromatic rings. The molecule has 0 spiro atoms. The Bertz CT molecular complexity index is 796. The van der Waals surface area contributed by atoms with Crippen LogP contribution >= 0.6 is 0 Å². The average Bonchev–Trinajstić information content (AvgIpc) is 3.16. The lowest BCUT2D eigenvalue weighted by atomic mass is 9.93. The Morgan fingerprint density at radius 2 is 1.77 bits per heavy atom. The van der Waals surface area contributed by atoms with Gasteiger partial charge in [0.05, 0.1) is 30.3 Å². The summed E-state index contributed by atoms with van der Waals surface area (Å²) < 4.78 is 43.7. The molecule has 1 saturated carbocycles. The van der Waals surface area contributed by atoms with Crippen molar-refractivity contribution in [2.24, 2.45) is 0 Å². The quantitative estimate of drug-likeness (QED) is 0.742. The van der Waals surface area contributed by atoms with Crippen molar-refractivity contribution in [2.75, 3.05) is 6.54 Å². The molecule has 5 nitrogen and oxygen atoms in total. The molecule has 0 aromatic heterocycles. The van der Waals surface area contributed by atoms with E-state index >= 15 is 0 Å². The standard InChI is InChI=1S/C22H24F3N3O2/c1-2-17-7-8-18(13-26)28(17)21(29)14-27-16-5-11-20(12-6-16)30-19-9-3-15(4-10-19)22(23,24)25/h1,3-4,9-10,16-18,20,27H,5-8,11-12,14H2/t16?,17-,18-,20?/m0/s1. The summed E-state index contributed by atoms with van der Waals surface area (Å²) >= 11 is 0. The van der Waals surface area contributed by atoms with Crippen LogP contribution in [-0.2, 0) is 11.0 Å². The van der Waals surface area contributed by atoms with Gasteiger partial charge in [-0.2, -0.15) is 18.4 Å². The molecule has 2 atom stereocenters. The van der Waals surface area contributed by atoms with Gasteiger partial charge < -0.3 is 15.0 Å². The summed E-state index contributed by atoms with van der Waals surface area (Å²) in [6.07, 6.45) is 5.37. The molecule has 8 heteroatoms. The molecule has 0 radical (unpaired) electrons. The zero-order chi connectivity index (χ0) is 21.7. The van der Waals surface area contributed by atoms with E-state index in [1.165, 1.54) is 17.0 Å². The van der Waals surface area contributed by atoms with Crippen LogP contribution in [0.25, 0.3) is 0 Å². The third-order valence-corrected chi connectivity index (χ3v) is 5.72. The number of carbonyl (C=O) groups excluding carboxylic acids is 1. The van der Waals surface area contributed by atoms with Crippen molar-refractivity contribution in [3.8, 4) is 24.2 Å². The molecular weight excluding hydrogens is 395 g/mol. The Morgan fingerprint density at radius 1 is 1.13 bits per heavy atom. The van der Waals surface area contributed by atoms with E-state index in [2.05, 4.69) is 17.3 Å². The van der Waals surface area contributed by atoms with Gasteiger partial charge in [0, 0.05) is 6.04 Å². The number of nitriles is 1. The maximum absolute atomic E-state index is 12.6. The zero-order valence-corrected chi connectivity index (χ0v) is 16.5. The summed E-state index contributed by atoms with van der Waals surface area (Å²) in [5.41, 5.74) is -0.698. The first-order valence-electron chi connectivity index (χ1n) is 10.1. The fourth-order valence-corrected chi connectivity index (χ4v) is 4.07. The second-order valence-corrected chi connectivity index (χ2v) is 7.70. The fourth-order valence-electron chi connectivity index (χ4n) is 4.07. The van der Waals surface area contributed by atoms with Crippen molar-refractivity contribution in [3.63, 3.8) is 0 Å². The molecule has 160 valence electrons. The third-order valence-electron chi connectivity index (χ3n) is 5.72. The van der Waals surface area contributed by atoms with Gasteiger partial charge in [0.15, 0.2) is 0 Å². The van der Waals surface area contributed by atoms with Crippen molar-refractivity contribution in [3.05, 3.63) is 29.8 Å². The number of ether oxygens (including phenoxy) is 1. The lowest BCUT2D eigenvalue weighted by Gasteiger charge is -2.30. The normalized spacial score (nSPS) is 26.6. The molecule has 1 heterocycles. The largest absolute Gasteiger partial charge is 0.490 e. The number of terminal acetylenes is 1. The van der Waals surface area contributed by atoms with E-state index in [9.17, 15) is 23.2 Å². The lowest BCUT2D eigenvalue weighted by Crippen LogP contribution is -2.47. The topological polar surface area (TPSA) is 65.4 Å². The highest BCUT2D eigenvalue weighted by Gasteiger charge is 2.36. The molecule has 3 rings (SSSR count). The van der Waals surface area contributed by atoms with Gasteiger partial charge in [-0.25, -0.2) is 0 Å². The molecule has 1 saturated heterocycles. The molecule has 1 aliphatic heterocycles. The average molecular weight is 419 g/mol. The van der Waals surface area contributed by atoms with Crippen LogP contribution in [0.2, 0.25) is 0 Å². The number of nitrogens with one attached hydrogen (secondary N) is 1. The minimum absolute atomic E-state index is 0.0668. The number of amides is 1. The van der Waals surface area contributed by atoms with Gasteiger partial charge >= 0.3 is 6.18 Å². The number of hydrogen-bond acceptors (Lipinski definition) is 4. The molecule has 0 unspecified atom stereocenters. The minimum atomic E-state index is -4.36. The summed E-state index contributed by atoms with van der Waals surface area (Å²) in [6.45, 7) is 0.130. The van der Waals surface area contributed by atoms with Gasteiger partial charge in [-0.15, -0.1) is 6.42 Å². The van der Waals surface area contributed by atoms with Gasteiger partial charge in [-0.1, -0.05) is 5.92 Å². The first-order chi connectivity index (χ1) is 14.3. The number of benzene rings is 1. The van der Waals surface area contributed by atoms with E-state index in [-0.39, 0.29) is 30.6 Å². The molecular formula is C22H24F3N3O2. The smallest absolute Gasteiger partial charge is 0.416 e. The van der Waals surface area contributed by atoms with Gasteiger partial charge in [0.1, 0.15) is 11.8 Å². The lowest BCUT2D eigenvalue weighted by molar-refractivity contribution is -0.137. The van der Waals surface area contributed by atoms with Crippen LogP contribution in [0.1, 0.15) is 44.1 Å². The van der Waals surface area contributed by atoms with Crippen molar-refractivity contribution in [1.29, 1.82) is 5.26 Å². The summed E-state index contributed by atoms with van der Waals surface area (Å²) in [6, 6.07) is 6.22. The van der Waals surface area contributed by atoms with E-state index < -0.39 is 17.8 Å². The van der Waals surface area contributed by atoms with Gasteiger partial charge in [0.2, 0.25) is 5.91 Å². The number of rotatable bonds is 5. The Morgan fingerprint density at radius 3 is 2.33 bits per heavy atom. The summed E-state index contributed by atoms with van der Waals surface area (Å²) in [5.74, 6) is 2.85. The van der Waals surface area contributed by atoms with Gasteiger partial charge in [0.25, 0.3) is 0 Å². The third kappa shape index (κ3) is 5.25. The number of nitrogens with zero attached hydrogens (tertiary/aromatic N) is 2. The Hall–Kier alpha value is -2.71. The van der Waals surface area contributed by atoms with Crippen LogP contribution in [0.4, 0.5) is 13.2 Å². The van der Waals surface area contributed by atoms with Gasteiger partial charge in [-0.3, -0.25) is 4.79 Å². The van der Waals surface area contributed by atoms with E-state index in [4.69, 9.17) is 11.2 Å². The highest BCUT2D eigenvalue weighted by atomic mass is 19.4. The first-order valence-corrected chi connectivity index (χ1v) is 10.1. The van der Waals surface area contributed by atoms with Crippen molar-refractivity contribution in [2.45, 2.75) is 68.9 Å². The summed E-state index contributed by atoms with van der Waals surface area (Å²) in [5, 5.41) is 12.5. The van der Waals surface area contributed by atoms with Crippen LogP contribution in [0.5, 0.6) is 5.75 Å². The second kappa shape index (κ2) is 9.40. The molecule has 0 bridgehead atoms. The Labute approximate surface area is 174 Å². The van der Waals surface area contributed by atoms with Crippen LogP contribution in [0, 0.1) is 23.7 Å². The molecule has 30 heavy (non-hydrogen) atoms. The van der Waals surface area contributed by atoms with E-state index in [0.29, 0.717) is 18.6 Å². The Balaban J connectivity index is 1.43. The molecule has 1 N–H and O–H groups in total. The number of halogens is 3. The van der Waals surface area contributed by atoms with Crippen molar-refractivity contribution >= 4 is 5.91 Å². The Kier molecular flexibility index (Phi) is 6.89. The summed E-state index contributed by atoms with van der Waals surface area (Å²) in [4.78, 5) is 14.0. The maximum atomic E-state index is 12.6. The van der Waals surface area contributed by atoms with Crippen LogP contribution < -0.4 is 10.1 Å². The number of alkyl halides is 3. The number of hydrogen-bond donors (Lipinski definition) is 1. The van der Waals surface area contributed by atoms with Gasteiger partial charge in [-0.05, 0) is 62.8 Å². The highest BCUT2D eigenvalue weighted by Crippen LogP contribution is 2.31. The van der Waals surface area contributed by atoms with Crippen molar-refractivity contribution < 1.29 is 22.7 Å². The first kappa shape index (κ1) is 22.0. The predicted octanol–water partition coefficient (Wildman–Crippen LogP) is 3.50. The molecule has 1 aromatic carbocycles. The molecule has 2 fully saturated rings. The number of carbonyl (C=O) groups is 1. The van der Waals surface area contributed by atoms with Crippen molar-refractivity contribution in [1.82, 2.24) is 10.2 Å². The molecule has 1 aliphatic carbocycles. The van der Waals surface area contributed by atoms with Crippen LogP contribution in [-0.4, -0.2) is 41.6 Å². The molecule has 2 aliphatic rings. The minimum Gasteiger partial charge on any atom is -0.490 e. The SMILES string of the molecule is C#C[C@H]1CC[C@@H](C#N)N1C(=O)CNC1CCC(Oc2ccc(C(F)(F)F)cc2)CC1. The monoisotopic (exact) mass is 419 g/mol. The highest BCUT2D eigenvalue weighted by molar-refractivity contribution is 5.80. The second-order valence-electron chi connectivity index (χ2n) is 7.70. The predicted molar refractivity (Wildman–Crippen MR) is 104 cm³/mol. The van der Waals surface area contributed by atoms with E-state index in [0.717, 1.165) is 37.8 Å². The summed E-state index contributed by atoms with van der Waals surface area (Å²) in [7, 11) is 0. The van der Waals surface area contributed by atoms with E-state index in [1.54, 1.807) is 0 Å². The maximum Gasteiger partial charge on any atom is 0.416 e. The number of likely N-dealkylation sites (tertiary alicyclic amines) is 1. The fraction of sp³-hybridized carbons (Fsp3) is 0.545.